The van der Waals surface area contributed by atoms with Crippen molar-refractivity contribution in [2.45, 2.75) is 26.8 Å². The third-order valence-electron chi connectivity index (χ3n) is 4.48. The topological polar surface area (TPSA) is 61.9 Å². The van der Waals surface area contributed by atoms with E-state index in [2.05, 4.69) is 5.32 Å². The maximum Gasteiger partial charge on any atom is 0.409 e. The number of hydrogen-bond acceptors (Lipinski definition) is 4. The van der Waals surface area contributed by atoms with E-state index in [1.54, 1.807) is 24.0 Å². The number of hydrogen-bond donors (Lipinski definition) is 1. The fourth-order valence-electron chi connectivity index (χ4n) is 3.03. The van der Waals surface area contributed by atoms with Gasteiger partial charge in [0.15, 0.2) is 0 Å². The second kappa shape index (κ2) is 9.52. The number of halogens is 1. The first kappa shape index (κ1) is 20.2. The van der Waals surface area contributed by atoms with Crippen LogP contribution in [0.2, 0.25) is 0 Å². The number of ether oxygens (including phenoxy) is 1. The lowest BCUT2D eigenvalue weighted by atomic mass is 9.96. The van der Waals surface area contributed by atoms with Gasteiger partial charge >= 0.3 is 6.09 Å². The van der Waals surface area contributed by atoms with E-state index in [0.29, 0.717) is 32.8 Å². The average molecular weight is 365 g/mol. The highest BCUT2D eigenvalue weighted by Gasteiger charge is 2.24. The number of carbonyl (C=O) groups excluding carboxylic acids is 2. The van der Waals surface area contributed by atoms with Crippen LogP contribution in [0.5, 0.6) is 0 Å². The van der Waals surface area contributed by atoms with Crippen molar-refractivity contribution in [1.82, 2.24) is 15.1 Å². The fraction of sp³-hybridized carbons (Fsp3) is 0.579. The molecule has 1 fully saturated rings. The zero-order chi connectivity index (χ0) is 19.1. The van der Waals surface area contributed by atoms with Crippen molar-refractivity contribution >= 4 is 12.0 Å². The van der Waals surface area contributed by atoms with Gasteiger partial charge in [-0.25, -0.2) is 9.18 Å². The molecule has 7 heteroatoms. The van der Waals surface area contributed by atoms with Gasteiger partial charge in [0.25, 0.3) is 0 Å². The third kappa shape index (κ3) is 5.69. The van der Waals surface area contributed by atoms with Crippen molar-refractivity contribution < 1.29 is 18.7 Å². The molecule has 1 aliphatic rings. The summed E-state index contributed by atoms with van der Waals surface area (Å²) in [5, 5.41) is 3.05. The number of piperazine rings is 1. The Bertz CT molecular complexity index is 599. The molecule has 0 unspecified atom stereocenters. The molecule has 144 valence electrons. The van der Waals surface area contributed by atoms with Gasteiger partial charge in [0.1, 0.15) is 5.82 Å². The Balaban J connectivity index is 1.85. The molecule has 26 heavy (non-hydrogen) atoms. The number of benzene rings is 1. The van der Waals surface area contributed by atoms with E-state index in [9.17, 15) is 14.0 Å². The molecule has 0 radical (unpaired) electrons. The smallest absolute Gasteiger partial charge is 0.409 e. The van der Waals surface area contributed by atoms with Crippen molar-refractivity contribution in [3.05, 3.63) is 35.6 Å². The Hall–Kier alpha value is -2.15. The Labute approximate surface area is 154 Å². The summed E-state index contributed by atoms with van der Waals surface area (Å²) >= 11 is 0. The standard InChI is InChI=1S/C19H28FN3O3/c1-4-26-19(25)23-11-9-22(10-12-23)13-17(24)21-18(14(2)3)15-5-7-16(20)8-6-15/h5-8,14,18H,4,9-13H2,1-3H3,(H,21,24)/t18-/m0/s1. The lowest BCUT2D eigenvalue weighted by Gasteiger charge is -2.34. The predicted octanol–water partition coefficient (Wildman–Crippen LogP) is 2.41. The molecular weight excluding hydrogens is 337 g/mol. The summed E-state index contributed by atoms with van der Waals surface area (Å²) in [4.78, 5) is 27.8. The number of rotatable bonds is 6. The molecule has 0 saturated carbocycles. The highest BCUT2D eigenvalue weighted by atomic mass is 19.1. The van der Waals surface area contributed by atoms with Crippen molar-refractivity contribution in [2.75, 3.05) is 39.3 Å². The zero-order valence-electron chi connectivity index (χ0n) is 15.7. The maximum absolute atomic E-state index is 13.1. The lowest BCUT2D eigenvalue weighted by molar-refractivity contribution is -0.123. The molecule has 0 aromatic heterocycles. The summed E-state index contributed by atoms with van der Waals surface area (Å²) < 4.78 is 18.1. The van der Waals surface area contributed by atoms with Gasteiger partial charge in [0.05, 0.1) is 19.2 Å². The second-order valence-corrected chi connectivity index (χ2v) is 6.80. The van der Waals surface area contributed by atoms with Gasteiger partial charge in [-0.3, -0.25) is 9.69 Å². The largest absolute Gasteiger partial charge is 0.450 e. The molecule has 1 aromatic carbocycles. The van der Waals surface area contributed by atoms with E-state index in [-0.39, 0.29) is 36.3 Å². The minimum atomic E-state index is -0.298. The van der Waals surface area contributed by atoms with E-state index in [1.165, 1.54) is 12.1 Å². The van der Waals surface area contributed by atoms with Gasteiger partial charge in [0, 0.05) is 26.2 Å². The molecule has 0 bridgehead atoms. The van der Waals surface area contributed by atoms with Gasteiger partial charge in [-0.1, -0.05) is 26.0 Å². The molecule has 1 atom stereocenters. The van der Waals surface area contributed by atoms with Crippen LogP contribution in [0.3, 0.4) is 0 Å². The molecule has 0 aliphatic carbocycles. The highest BCUT2D eigenvalue weighted by molar-refractivity contribution is 5.78. The monoisotopic (exact) mass is 365 g/mol. The Morgan fingerprint density at radius 1 is 1.15 bits per heavy atom. The summed E-state index contributed by atoms with van der Waals surface area (Å²) in [7, 11) is 0. The minimum Gasteiger partial charge on any atom is -0.450 e. The van der Waals surface area contributed by atoms with Crippen LogP contribution in [0.1, 0.15) is 32.4 Å². The summed E-state index contributed by atoms with van der Waals surface area (Å²) in [5.74, 6) is -0.176. The molecule has 1 aliphatic heterocycles. The van der Waals surface area contributed by atoms with Crippen LogP contribution in [0, 0.1) is 11.7 Å². The summed E-state index contributed by atoms with van der Waals surface area (Å²) in [6, 6.07) is 6.07. The molecule has 2 rings (SSSR count). The van der Waals surface area contributed by atoms with Crippen molar-refractivity contribution in [2.24, 2.45) is 5.92 Å². The van der Waals surface area contributed by atoms with Crippen LogP contribution in [0.25, 0.3) is 0 Å². The summed E-state index contributed by atoms with van der Waals surface area (Å²) in [5.41, 5.74) is 0.891. The Morgan fingerprint density at radius 3 is 2.31 bits per heavy atom. The van der Waals surface area contributed by atoms with Gasteiger partial charge < -0.3 is 15.0 Å². The van der Waals surface area contributed by atoms with Gasteiger partial charge in [0.2, 0.25) is 5.91 Å². The zero-order valence-corrected chi connectivity index (χ0v) is 15.7. The van der Waals surface area contributed by atoms with E-state index < -0.39 is 0 Å². The molecule has 0 spiro atoms. The van der Waals surface area contributed by atoms with Crippen molar-refractivity contribution in [1.29, 1.82) is 0 Å². The summed E-state index contributed by atoms with van der Waals surface area (Å²) in [6.07, 6.45) is -0.298. The first-order chi connectivity index (χ1) is 12.4. The van der Waals surface area contributed by atoms with Crippen LogP contribution in [-0.2, 0) is 9.53 Å². The van der Waals surface area contributed by atoms with E-state index in [4.69, 9.17) is 4.74 Å². The molecular formula is C19H28FN3O3. The van der Waals surface area contributed by atoms with Crippen molar-refractivity contribution in [3.8, 4) is 0 Å². The second-order valence-electron chi connectivity index (χ2n) is 6.80. The van der Waals surface area contributed by atoms with Crippen LogP contribution in [0.4, 0.5) is 9.18 Å². The molecule has 1 heterocycles. The highest BCUT2D eigenvalue weighted by Crippen LogP contribution is 2.22. The van der Waals surface area contributed by atoms with Crippen molar-refractivity contribution in [3.63, 3.8) is 0 Å². The number of nitrogens with one attached hydrogen (secondary N) is 1. The first-order valence-corrected chi connectivity index (χ1v) is 9.09. The van der Waals surface area contributed by atoms with Gasteiger partial charge in [-0.15, -0.1) is 0 Å². The van der Waals surface area contributed by atoms with Crippen LogP contribution in [-0.4, -0.2) is 61.1 Å². The minimum absolute atomic E-state index is 0.0717. The van der Waals surface area contributed by atoms with E-state index in [1.807, 2.05) is 18.7 Å². The molecule has 1 N–H and O–H groups in total. The SMILES string of the molecule is CCOC(=O)N1CCN(CC(=O)N[C@H](c2ccc(F)cc2)C(C)C)CC1. The average Bonchev–Trinajstić information content (AvgIpc) is 2.61. The Kier molecular flexibility index (Phi) is 7.38. The van der Waals surface area contributed by atoms with Crippen LogP contribution in [0.15, 0.2) is 24.3 Å². The molecule has 2 amide bonds. The lowest BCUT2D eigenvalue weighted by Crippen LogP contribution is -2.51. The summed E-state index contributed by atoms with van der Waals surface area (Å²) in [6.45, 7) is 8.84. The third-order valence-corrected chi connectivity index (χ3v) is 4.48. The fourth-order valence-corrected chi connectivity index (χ4v) is 3.03. The predicted molar refractivity (Wildman–Crippen MR) is 97.2 cm³/mol. The first-order valence-electron chi connectivity index (χ1n) is 9.09. The maximum atomic E-state index is 13.1. The number of amides is 2. The molecule has 1 saturated heterocycles. The normalized spacial score (nSPS) is 16.4. The van der Waals surface area contributed by atoms with E-state index in [0.717, 1.165) is 5.56 Å². The van der Waals surface area contributed by atoms with Crippen LogP contribution < -0.4 is 5.32 Å². The number of nitrogens with zero attached hydrogens (tertiary/aromatic N) is 2. The number of carbonyl (C=O) groups is 2. The molecule has 6 nitrogen and oxygen atoms in total. The molecule has 1 aromatic rings. The van der Waals surface area contributed by atoms with Gasteiger partial charge in [-0.05, 0) is 30.5 Å². The van der Waals surface area contributed by atoms with Crippen LogP contribution >= 0.6 is 0 Å². The van der Waals surface area contributed by atoms with Gasteiger partial charge in [-0.2, -0.15) is 0 Å². The van der Waals surface area contributed by atoms with E-state index >= 15 is 0 Å². The Morgan fingerprint density at radius 2 is 1.77 bits per heavy atom. The quantitative estimate of drug-likeness (QED) is 0.841.